The summed E-state index contributed by atoms with van der Waals surface area (Å²) in [5.74, 6) is 0.546. The molecule has 0 amide bonds. The third-order valence-corrected chi connectivity index (χ3v) is 3.47. The van der Waals surface area contributed by atoms with Gasteiger partial charge in [0.05, 0.1) is 18.8 Å². The molecule has 2 unspecified atom stereocenters. The lowest BCUT2D eigenvalue weighted by Crippen LogP contribution is -2.56. The standard InChI is InChI=1S/C14H30N4O.HI/c1-6-7-16-13(15)17-10-14(4,5)18-8-11(2)19-12(3)9-18;/h11-12H,6-10H2,1-5H3,(H3,15,16,17);1H. The minimum Gasteiger partial charge on any atom is -0.373 e. The second-order valence-corrected chi connectivity index (χ2v) is 6.10. The van der Waals surface area contributed by atoms with Crippen LogP contribution in [-0.4, -0.2) is 54.8 Å². The van der Waals surface area contributed by atoms with Gasteiger partial charge in [-0.05, 0) is 34.1 Å². The molecule has 0 bridgehead atoms. The summed E-state index contributed by atoms with van der Waals surface area (Å²) in [6.07, 6.45) is 1.61. The van der Waals surface area contributed by atoms with E-state index in [-0.39, 0.29) is 41.7 Å². The summed E-state index contributed by atoms with van der Waals surface area (Å²) in [7, 11) is 0. The Balaban J connectivity index is 0.00000361. The number of rotatable bonds is 5. The third kappa shape index (κ3) is 6.58. The predicted molar refractivity (Wildman–Crippen MR) is 95.9 cm³/mol. The topological polar surface area (TPSA) is 62.9 Å². The first-order valence-electron chi connectivity index (χ1n) is 7.29. The van der Waals surface area contributed by atoms with E-state index in [0.29, 0.717) is 12.5 Å². The minimum atomic E-state index is 0. The van der Waals surface area contributed by atoms with Gasteiger partial charge in [0.1, 0.15) is 0 Å². The van der Waals surface area contributed by atoms with Crippen LogP contribution in [0.15, 0.2) is 4.99 Å². The van der Waals surface area contributed by atoms with Gasteiger partial charge in [-0.2, -0.15) is 0 Å². The second kappa shape index (κ2) is 9.04. The van der Waals surface area contributed by atoms with Gasteiger partial charge in [0.2, 0.25) is 0 Å². The lowest BCUT2D eigenvalue weighted by Gasteiger charge is -2.44. The molecule has 120 valence electrons. The molecule has 1 fully saturated rings. The lowest BCUT2D eigenvalue weighted by atomic mass is 10.0. The fraction of sp³-hybridized carbons (Fsp3) is 0.929. The Morgan fingerprint density at radius 3 is 2.40 bits per heavy atom. The van der Waals surface area contributed by atoms with Crippen LogP contribution in [0.4, 0.5) is 0 Å². The number of nitrogens with two attached hydrogens (primary N) is 1. The molecule has 0 aromatic carbocycles. The van der Waals surface area contributed by atoms with E-state index in [1.54, 1.807) is 0 Å². The Kier molecular flexibility index (Phi) is 9.01. The average molecular weight is 398 g/mol. The van der Waals surface area contributed by atoms with Gasteiger partial charge in [-0.15, -0.1) is 24.0 Å². The highest BCUT2D eigenvalue weighted by Gasteiger charge is 2.32. The molecule has 0 aliphatic carbocycles. The number of morpholine rings is 1. The van der Waals surface area contributed by atoms with Gasteiger partial charge in [-0.25, -0.2) is 0 Å². The Morgan fingerprint density at radius 1 is 1.35 bits per heavy atom. The molecule has 1 aliphatic heterocycles. The van der Waals surface area contributed by atoms with Gasteiger partial charge in [0, 0.05) is 25.2 Å². The van der Waals surface area contributed by atoms with E-state index in [0.717, 1.165) is 26.1 Å². The van der Waals surface area contributed by atoms with Crippen molar-refractivity contribution in [1.29, 1.82) is 0 Å². The Morgan fingerprint density at radius 2 is 1.90 bits per heavy atom. The van der Waals surface area contributed by atoms with Gasteiger partial charge in [0.15, 0.2) is 5.96 Å². The van der Waals surface area contributed by atoms with Crippen LogP contribution >= 0.6 is 24.0 Å². The maximum Gasteiger partial charge on any atom is 0.188 e. The molecular formula is C14H31IN4O. The number of nitrogens with one attached hydrogen (secondary N) is 1. The number of hydrogen-bond donors (Lipinski definition) is 2. The molecule has 0 spiro atoms. The van der Waals surface area contributed by atoms with Crippen LogP contribution in [0.25, 0.3) is 0 Å². The predicted octanol–water partition coefficient (Wildman–Crippen LogP) is 1.81. The Hall–Kier alpha value is -0.0800. The van der Waals surface area contributed by atoms with Crippen LogP contribution in [-0.2, 0) is 4.74 Å². The molecule has 2 atom stereocenters. The lowest BCUT2D eigenvalue weighted by molar-refractivity contribution is -0.0939. The SMILES string of the molecule is CCCNC(N)=NCC(C)(C)N1CC(C)OC(C)C1.I. The Labute approximate surface area is 140 Å². The van der Waals surface area contributed by atoms with E-state index < -0.39 is 0 Å². The fourth-order valence-corrected chi connectivity index (χ4v) is 2.36. The van der Waals surface area contributed by atoms with Gasteiger partial charge in [-0.1, -0.05) is 6.92 Å². The number of ether oxygens (including phenoxy) is 1. The molecular weight excluding hydrogens is 367 g/mol. The smallest absolute Gasteiger partial charge is 0.188 e. The van der Waals surface area contributed by atoms with Crippen LogP contribution < -0.4 is 11.1 Å². The Bertz CT molecular complexity index is 300. The maximum atomic E-state index is 5.85. The van der Waals surface area contributed by atoms with Crippen molar-refractivity contribution in [2.24, 2.45) is 10.7 Å². The summed E-state index contributed by atoms with van der Waals surface area (Å²) >= 11 is 0. The summed E-state index contributed by atoms with van der Waals surface area (Å²) in [6.45, 7) is 14.3. The number of aliphatic imine (C=N–C) groups is 1. The minimum absolute atomic E-state index is 0. The van der Waals surface area contributed by atoms with Gasteiger partial charge in [-0.3, -0.25) is 9.89 Å². The van der Waals surface area contributed by atoms with Crippen molar-refractivity contribution in [2.45, 2.75) is 58.8 Å². The molecule has 3 N–H and O–H groups in total. The first kappa shape index (κ1) is 19.9. The zero-order valence-corrected chi connectivity index (χ0v) is 15.8. The van der Waals surface area contributed by atoms with Gasteiger partial charge >= 0.3 is 0 Å². The average Bonchev–Trinajstić information content (AvgIpc) is 2.32. The highest BCUT2D eigenvalue weighted by Crippen LogP contribution is 2.21. The van der Waals surface area contributed by atoms with Crippen molar-refractivity contribution in [3.63, 3.8) is 0 Å². The van der Waals surface area contributed by atoms with Crippen molar-refractivity contribution in [2.75, 3.05) is 26.2 Å². The van der Waals surface area contributed by atoms with E-state index in [1.807, 2.05) is 0 Å². The normalized spacial score (nSPS) is 25.1. The molecule has 0 saturated carbocycles. The largest absolute Gasteiger partial charge is 0.373 e. The van der Waals surface area contributed by atoms with E-state index >= 15 is 0 Å². The summed E-state index contributed by atoms with van der Waals surface area (Å²) in [5.41, 5.74) is 5.85. The van der Waals surface area contributed by atoms with Crippen LogP contribution in [0.1, 0.15) is 41.0 Å². The van der Waals surface area contributed by atoms with Crippen molar-refractivity contribution >= 4 is 29.9 Å². The number of nitrogens with zero attached hydrogens (tertiary/aromatic N) is 2. The van der Waals surface area contributed by atoms with E-state index in [4.69, 9.17) is 10.5 Å². The van der Waals surface area contributed by atoms with E-state index in [9.17, 15) is 0 Å². The number of hydrogen-bond acceptors (Lipinski definition) is 3. The van der Waals surface area contributed by atoms with Crippen molar-refractivity contribution in [3.8, 4) is 0 Å². The zero-order valence-electron chi connectivity index (χ0n) is 13.5. The van der Waals surface area contributed by atoms with Crippen LogP contribution in [0.5, 0.6) is 0 Å². The summed E-state index contributed by atoms with van der Waals surface area (Å²) in [4.78, 5) is 6.91. The highest BCUT2D eigenvalue weighted by molar-refractivity contribution is 14.0. The van der Waals surface area contributed by atoms with Crippen molar-refractivity contribution in [1.82, 2.24) is 10.2 Å². The van der Waals surface area contributed by atoms with Gasteiger partial charge < -0.3 is 15.8 Å². The van der Waals surface area contributed by atoms with Crippen LogP contribution in [0.3, 0.4) is 0 Å². The van der Waals surface area contributed by atoms with Gasteiger partial charge in [0.25, 0.3) is 0 Å². The van der Waals surface area contributed by atoms with Crippen molar-refractivity contribution < 1.29 is 4.74 Å². The maximum absolute atomic E-state index is 5.85. The van der Waals surface area contributed by atoms with Crippen LogP contribution in [0.2, 0.25) is 0 Å². The third-order valence-electron chi connectivity index (χ3n) is 3.47. The molecule has 0 aromatic heterocycles. The van der Waals surface area contributed by atoms with E-state index in [1.165, 1.54) is 0 Å². The number of halogens is 1. The molecule has 1 rings (SSSR count). The molecule has 1 heterocycles. The summed E-state index contributed by atoms with van der Waals surface area (Å²) in [6, 6.07) is 0. The summed E-state index contributed by atoms with van der Waals surface area (Å²) < 4.78 is 5.78. The first-order valence-corrected chi connectivity index (χ1v) is 7.29. The molecule has 1 aliphatic rings. The first-order chi connectivity index (χ1) is 8.85. The zero-order chi connectivity index (χ0) is 14.5. The highest BCUT2D eigenvalue weighted by atomic mass is 127. The molecule has 0 aromatic rings. The monoisotopic (exact) mass is 398 g/mol. The molecule has 6 heteroatoms. The summed E-state index contributed by atoms with van der Waals surface area (Å²) in [5, 5.41) is 3.11. The second-order valence-electron chi connectivity index (χ2n) is 6.10. The van der Waals surface area contributed by atoms with E-state index in [2.05, 4.69) is 49.8 Å². The fourth-order valence-electron chi connectivity index (χ4n) is 2.36. The molecule has 20 heavy (non-hydrogen) atoms. The molecule has 5 nitrogen and oxygen atoms in total. The van der Waals surface area contributed by atoms with Crippen molar-refractivity contribution in [3.05, 3.63) is 0 Å². The van der Waals surface area contributed by atoms with Crippen LogP contribution in [0, 0.1) is 0 Å². The quantitative estimate of drug-likeness (QED) is 0.421. The molecule has 1 saturated heterocycles. The molecule has 0 radical (unpaired) electrons. The number of guanidine groups is 1.